The molecule has 0 saturated carbocycles. The molecule has 0 radical (unpaired) electrons. The van der Waals surface area contributed by atoms with Gasteiger partial charge in [0.2, 0.25) is 5.91 Å². The first-order valence-electron chi connectivity index (χ1n) is 11.2. The summed E-state index contributed by atoms with van der Waals surface area (Å²) in [6.07, 6.45) is 2.34. The Morgan fingerprint density at radius 3 is 2.48 bits per heavy atom. The molecule has 2 rings (SSSR count). The topological polar surface area (TPSA) is 55.4 Å². The lowest BCUT2D eigenvalue weighted by Crippen LogP contribution is -2.40. The van der Waals surface area contributed by atoms with Crippen molar-refractivity contribution in [1.82, 2.24) is 0 Å². The lowest BCUT2D eigenvalue weighted by atomic mass is 9.77. The molecule has 0 saturated heterocycles. The summed E-state index contributed by atoms with van der Waals surface area (Å²) in [5, 5.41) is 2.82. The summed E-state index contributed by atoms with van der Waals surface area (Å²) in [6, 6.07) is 4.87. The van der Waals surface area contributed by atoms with Crippen LogP contribution in [0.15, 0.2) is 42.0 Å². The molecule has 1 amide bonds. The highest BCUT2D eigenvalue weighted by Gasteiger charge is 2.46. The lowest BCUT2D eigenvalue weighted by molar-refractivity contribution is -0.188. The maximum absolute atomic E-state index is 13.6. The van der Waals surface area contributed by atoms with Gasteiger partial charge in [0.05, 0.1) is 35.1 Å². The highest BCUT2D eigenvalue weighted by atomic mass is 35.5. The number of allylic oxidation sites excluding steroid dienone is 4. The number of esters is 1. The predicted octanol–water partition coefficient (Wildman–Crippen LogP) is 6.75. The first-order chi connectivity index (χ1) is 15.5. The number of halogens is 4. The fraction of sp³-hybridized carbons (Fsp3) is 0.520. The van der Waals surface area contributed by atoms with Crippen LogP contribution in [0, 0.1) is 23.7 Å². The van der Waals surface area contributed by atoms with E-state index in [1.807, 2.05) is 13.0 Å². The second-order valence-electron chi connectivity index (χ2n) is 8.41. The Balaban J connectivity index is 2.25. The van der Waals surface area contributed by atoms with E-state index in [1.165, 1.54) is 0 Å². The van der Waals surface area contributed by atoms with Crippen molar-refractivity contribution in [3.8, 4) is 0 Å². The van der Waals surface area contributed by atoms with Crippen LogP contribution in [0.1, 0.15) is 46.1 Å². The van der Waals surface area contributed by atoms with Gasteiger partial charge in [0.25, 0.3) is 0 Å². The second-order valence-corrected chi connectivity index (χ2v) is 8.82. The summed E-state index contributed by atoms with van der Waals surface area (Å²) in [5.41, 5.74) is 1.97. The van der Waals surface area contributed by atoms with Crippen molar-refractivity contribution >= 4 is 29.2 Å². The van der Waals surface area contributed by atoms with Crippen molar-refractivity contribution < 1.29 is 27.5 Å². The SMILES string of the molecule is CCOC(=O)C(C)Cc1ccc(Cl)c(NC(=O)[C@H](C2C=CC(CC)=CC2)[C@@H](C)C(F)(F)F)c1. The maximum Gasteiger partial charge on any atom is 0.392 e. The Hall–Kier alpha value is -2.28. The van der Waals surface area contributed by atoms with E-state index in [9.17, 15) is 22.8 Å². The predicted molar refractivity (Wildman–Crippen MR) is 124 cm³/mol. The maximum atomic E-state index is 13.6. The van der Waals surface area contributed by atoms with E-state index in [4.69, 9.17) is 16.3 Å². The minimum Gasteiger partial charge on any atom is -0.466 e. The molecule has 0 spiro atoms. The van der Waals surface area contributed by atoms with Gasteiger partial charge in [-0.3, -0.25) is 9.59 Å². The van der Waals surface area contributed by atoms with E-state index in [-0.39, 0.29) is 23.3 Å². The van der Waals surface area contributed by atoms with Gasteiger partial charge >= 0.3 is 12.1 Å². The zero-order chi connectivity index (χ0) is 24.8. The van der Waals surface area contributed by atoms with Gasteiger partial charge in [-0.15, -0.1) is 0 Å². The first kappa shape index (κ1) is 27.0. The van der Waals surface area contributed by atoms with E-state index < -0.39 is 35.8 Å². The van der Waals surface area contributed by atoms with Crippen molar-refractivity contribution in [2.24, 2.45) is 23.7 Å². The number of nitrogens with one attached hydrogen (secondary N) is 1. The monoisotopic (exact) mass is 485 g/mol. The molecule has 8 heteroatoms. The van der Waals surface area contributed by atoms with E-state index in [0.717, 1.165) is 18.9 Å². The van der Waals surface area contributed by atoms with Gasteiger partial charge < -0.3 is 10.1 Å². The van der Waals surface area contributed by atoms with Crippen LogP contribution in [0.5, 0.6) is 0 Å². The summed E-state index contributed by atoms with van der Waals surface area (Å²) in [6.45, 7) is 6.72. The normalized spacial score (nSPS) is 18.8. The standard InChI is InChI=1S/C25H31ClF3NO3/c1-5-17-7-10-19(11-8-17)22(16(4)25(27,28)29)23(31)30-21-14-18(9-12-20(21)26)13-15(3)24(32)33-6-2/h7-10,12,14-16,19,22H,5-6,11,13H2,1-4H3,(H,30,31)/t15?,16-,19?,22+/m1/s1. The molecule has 0 bridgehead atoms. The van der Waals surface area contributed by atoms with Crippen molar-refractivity contribution in [2.45, 2.75) is 53.1 Å². The van der Waals surface area contributed by atoms with E-state index in [1.54, 1.807) is 44.2 Å². The Bertz CT molecular complexity index is 911. The zero-order valence-corrected chi connectivity index (χ0v) is 20.1. The van der Waals surface area contributed by atoms with Crippen LogP contribution in [0.3, 0.4) is 0 Å². The van der Waals surface area contributed by atoms with Gasteiger partial charge in [0, 0.05) is 0 Å². The second kappa shape index (κ2) is 11.7. The molecule has 1 aliphatic rings. The van der Waals surface area contributed by atoms with Crippen LogP contribution in [0.4, 0.5) is 18.9 Å². The van der Waals surface area contributed by atoms with Crippen molar-refractivity contribution in [1.29, 1.82) is 0 Å². The number of carbonyl (C=O) groups excluding carboxylic acids is 2. The summed E-state index contributed by atoms with van der Waals surface area (Å²) >= 11 is 6.23. The van der Waals surface area contributed by atoms with Gasteiger partial charge in [0.15, 0.2) is 0 Å². The number of ether oxygens (including phenoxy) is 1. The Morgan fingerprint density at radius 2 is 1.94 bits per heavy atom. The molecule has 182 valence electrons. The molecular formula is C25H31ClF3NO3. The number of hydrogen-bond donors (Lipinski definition) is 1. The summed E-state index contributed by atoms with van der Waals surface area (Å²) in [5.74, 6) is -5.23. The quantitative estimate of drug-likeness (QED) is 0.394. The fourth-order valence-corrected chi connectivity index (χ4v) is 4.10. The minimum absolute atomic E-state index is 0.210. The average molecular weight is 486 g/mol. The molecule has 1 aliphatic carbocycles. The van der Waals surface area contributed by atoms with Gasteiger partial charge in [-0.2, -0.15) is 13.2 Å². The molecule has 0 fully saturated rings. The van der Waals surface area contributed by atoms with Gasteiger partial charge in [-0.25, -0.2) is 0 Å². The molecule has 33 heavy (non-hydrogen) atoms. The third-order valence-corrected chi connectivity index (χ3v) is 6.29. The number of benzene rings is 1. The number of hydrogen-bond acceptors (Lipinski definition) is 3. The van der Waals surface area contributed by atoms with Crippen LogP contribution < -0.4 is 5.32 Å². The Morgan fingerprint density at radius 1 is 1.24 bits per heavy atom. The molecular weight excluding hydrogens is 455 g/mol. The summed E-state index contributed by atoms with van der Waals surface area (Å²) in [4.78, 5) is 25.1. The number of alkyl halides is 3. The molecule has 1 N–H and O–H groups in total. The fourth-order valence-electron chi connectivity index (χ4n) is 3.94. The molecule has 4 atom stereocenters. The molecule has 0 heterocycles. The summed E-state index contributed by atoms with van der Waals surface area (Å²) < 4.78 is 45.9. The first-order valence-corrected chi connectivity index (χ1v) is 11.6. The van der Waals surface area contributed by atoms with Crippen molar-refractivity contribution in [2.75, 3.05) is 11.9 Å². The van der Waals surface area contributed by atoms with Crippen LogP contribution in [0.2, 0.25) is 5.02 Å². The molecule has 1 aromatic rings. The van der Waals surface area contributed by atoms with E-state index in [0.29, 0.717) is 18.4 Å². The van der Waals surface area contributed by atoms with Crippen LogP contribution in [0.25, 0.3) is 0 Å². The molecule has 1 aromatic carbocycles. The lowest BCUT2D eigenvalue weighted by Gasteiger charge is -2.31. The number of carbonyl (C=O) groups is 2. The average Bonchev–Trinajstić information content (AvgIpc) is 2.76. The van der Waals surface area contributed by atoms with Crippen LogP contribution in [-0.2, 0) is 20.7 Å². The molecule has 0 aromatic heterocycles. The molecule has 4 nitrogen and oxygen atoms in total. The number of rotatable bonds is 9. The minimum atomic E-state index is -4.52. The smallest absolute Gasteiger partial charge is 0.392 e. The van der Waals surface area contributed by atoms with Crippen molar-refractivity contribution in [3.63, 3.8) is 0 Å². The van der Waals surface area contributed by atoms with E-state index >= 15 is 0 Å². The summed E-state index contributed by atoms with van der Waals surface area (Å²) in [7, 11) is 0. The Kier molecular flexibility index (Phi) is 9.58. The highest BCUT2D eigenvalue weighted by molar-refractivity contribution is 6.33. The van der Waals surface area contributed by atoms with E-state index in [2.05, 4.69) is 5.32 Å². The van der Waals surface area contributed by atoms with Gasteiger partial charge in [0.1, 0.15) is 0 Å². The largest absolute Gasteiger partial charge is 0.466 e. The van der Waals surface area contributed by atoms with Gasteiger partial charge in [-0.1, -0.05) is 62.2 Å². The highest BCUT2D eigenvalue weighted by Crippen LogP contribution is 2.39. The zero-order valence-electron chi connectivity index (χ0n) is 19.3. The van der Waals surface area contributed by atoms with Gasteiger partial charge in [-0.05, 0) is 49.8 Å². The number of anilines is 1. The van der Waals surface area contributed by atoms with Crippen LogP contribution >= 0.6 is 11.6 Å². The number of amides is 1. The third-order valence-electron chi connectivity index (χ3n) is 5.96. The third kappa shape index (κ3) is 7.36. The van der Waals surface area contributed by atoms with Crippen molar-refractivity contribution in [3.05, 3.63) is 52.6 Å². The molecule has 2 unspecified atom stereocenters. The molecule has 0 aliphatic heterocycles. The Labute approximate surface area is 198 Å². The van der Waals surface area contributed by atoms with Crippen LogP contribution in [-0.4, -0.2) is 24.7 Å².